The van der Waals surface area contributed by atoms with Gasteiger partial charge in [-0.3, -0.25) is 4.79 Å². The number of ether oxygens (including phenoxy) is 1. The monoisotopic (exact) mass is 233 g/mol. The molecule has 0 aliphatic carbocycles. The van der Waals surface area contributed by atoms with Gasteiger partial charge < -0.3 is 9.64 Å². The molecule has 0 amide bonds. The van der Waals surface area contributed by atoms with Gasteiger partial charge in [-0.15, -0.1) is 0 Å². The second-order valence-electron chi connectivity index (χ2n) is 4.79. The number of benzene rings is 1. The molecule has 0 saturated carbocycles. The standard InChI is InChI=1S/C14H19NO2/c1-15(2)10-13(16)11-6-7-14-12(9-11)5-3-4-8-17-14/h6-7,9H,3-5,8,10H2,1-2H3. The lowest BCUT2D eigenvalue weighted by atomic mass is 10.0. The molecule has 0 bridgehead atoms. The second kappa shape index (κ2) is 5.32. The van der Waals surface area contributed by atoms with Gasteiger partial charge in [0.2, 0.25) is 0 Å². The van der Waals surface area contributed by atoms with E-state index in [0.29, 0.717) is 6.54 Å². The molecule has 0 N–H and O–H groups in total. The van der Waals surface area contributed by atoms with Crippen LogP contribution in [-0.4, -0.2) is 37.9 Å². The van der Waals surface area contributed by atoms with E-state index in [1.54, 1.807) is 0 Å². The fourth-order valence-electron chi connectivity index (χ4n) is 2.07. The lowest BCUT2D eigenvalue weighted by Gasteiger charge is -2.11. The third kappa shape index (κ3) is 3.07. The lowest BCUT2D eigenvalue weighted by Crippen LogP contribution is -2.21. The molecule has 0 unspecified atom stereocenters. The maximum absolute atomic E-state index is 11.9. The Morgan fingerprint density at radius 1 is 1.35 bits per heavy atom. The van der Waals surface area contributed by atoms with Crippen LogP contribution in [-0.2, 0) is 6.42 Å². The van der Waals surface area contributed by atoms with E-state index in [-0.39, 0.29) is 5.78 Å². The van der Waals surface area contributed by atoms with Crippen LogP contribution in [0.3, 0.4) is 0 Å². The van der Waals surface area contributed by atoms with Crippen LogP contribution in [0.15, 0.2) is 18.2 Å². The molecule has 0 atom stereocenters. The predicted molar refractivity (Wildman–Crippen MR) is 67.8 cm³/mol. The van der Waals surface area contributed by atoms with E-state index in [1.165, 1.54) is 5.56 Å². The number of carbonyl (C=O) groups is 1. The summed E-state index contributed by atoms with van der Waals surface area (Å²) in [4.78, 5) is 13.8. The number of likely N-dealkylation sites (N-methyl/N-ethyl adjacent to an activating group) is 1. The van der Waals surface area contributed by atoms with E-state index >= 15 is 0 Å². The van der Waals surface area contributed by atoms with Crippen LogP contribution in [0.1, 0.15) is 28.8 Å². The summed E-state index contributed by atoms with van der Waals surface area (Å²) in [5, 5.41) is 0. The Labute approximate surface area is 102 Å². The molecule has 1 aromatic carbocycles. The summed E-state index contributed by atoms with van der Waals surface area (Å²) in [5.41, 5.74) is 1.97. The maximum atomic E-state index is 11.9. The van der Waals surface area contributed by atoms with Gasteiger partial charge in [0.25, 0.3) is 0 Å². The van der Waals surface area contributed by atoms with Gasteiger partial charge in [-0.1, -0.05) is 0 Å². The molecule has 17 heavy (non-hydrogen) atoms. The van der Waals surface area contributed by atoms with Crippen molar-refractivity contribution >= 4 is 5.78 Å². The first-order chi connectivity index (χ1) is 8.16. The van der Waals surface area contributed by atoms with Crippen LogP contribution in [0.5, 0.6) is 5.75 Å². The SMILES string of the molecule is CN(C)CC(=O)c1ccc2c(c1)CCCCO2. The molecule has 1 heterocycles. The van der Waals surface area contributed by atoms with Crippen molar-refractivity contribution in [1.82, 2.24) is 4.90 Å². The minimum absolute atomic E-state index is 0.169. The zero-order valence-electron chi connectivity index (χ0n) is 10.5. The summed E-state index contributed by atoms with van der Waals surface area (Å²) in [7, 11) is 3.81. The number of carbonyl (C=O) groups excluding carboxylic acids is 1. The zero-order chi connectivity index (χ0) is 12.3. The highest BCUT2D eigenvalue weighted by atomic mass is 16.5. The summed E-state index contributed by atoms with van der Waals surface area (Å²) in [5.74, 6) is 1.12. The first-order valence-corrected chi connectivity index (χ1v) is 6.10. The van der Waals surface area contributed by atoms with Gasteiger partial charge in [0.1, 0.15) is 5.75 Å². The van der Waals surface area contributed by atoms with Crippen LogP contribution in [0.25, 0.3) is 0 Å². The molecule has 0 radical (unpaired) electrons. The molecule has 3 heteroatoms. The molecule has 0 spiro atoms. The zero-order valence-corrected chi connectivity index (χ0v) is 10.5. The van der Waals surface area contributed by atoms with Crippen LogP contribution in [0, 0.1) is 0 Å². The average molecular weight is 233 g/mol. The van der Waals surface area contributed by atoms with Crippen LogP contribution < -0.4 is 4.74 Å². The Morgan fingerprint density at radius 2 is 2.18 bits per heavy atom. The smallest absolute Gasteiger partial charge is 0.176 e. The van der Waals surface area contributed by atoms with E-state index in [4.69, 9.17) is 4.74 Å². The largest absolute Gasteiger partial charge is 0.493 e. The van der Waals surface area contributed by atoms with Gasteiger partial charge in [0.05, 0.1) is 13.2 Å². The van der Waals surface area contributed by atoms with E-state index in [0.717, 1.165) is 37.2 Å². The summed E-state index contributed by atoms with van der Waals surface area (Å²) >= 11 is 0. The van der Waals surface area contributed by atoms with Gasteiger partial charge in [0.15, 0.2) is 5.78 Å². The lowest BCUT2D eigenvalue weighted by molar-refractivity contribution is 0.0957. The third-order valence-corrected chi connectivity index (χ3v) is 2.94. The number of hydrogen-bond acceptors (Lipinski definition) is 3. The summed E-state index contributed by atoms with van der Waals surface area (Å²) in [6.07, 6.45) is 3.24. The number of rotatable bonds is 3. The van der Waals surface area contributed by atoms with Crippen LogP contribution >= 0.6 is 0 Å². The highest BCUT2D eigenvalue weighted by molar-refractivity contribution is 5.97. The average Bonchev–Trinajstić information content (AvgIpc) is 2.51. The molecular formula is C14H19NO2. The Bertz CT molecular complexity index is 413. The molecule has 1 aromatic rings. The van der Waals surface area contributed by atoms with Gasteiger partial charge in [-0.05, 0) is 57.1 Å². The molecule has 1 aliphatic rings. The first kappa shape index (κ1) is 12.1. The van der Waals surface area contributed by atoms with E-state index in [1.807, 2.05) is 37.2 Å². The molecule has 2 rings (SSSR count). The van der Waals surface area contributed by atoms with Crippen molar-refractivity contribution in [2.45, 2.75) is 19.3 Å². The quantitative estimate of drug-likeness (QED) is 0.749. The maximum Gasteiger partial charge on any atom is 0.176 e. The van der Waals surface area contributed by atoms with E-state index < -0.39 is 0 Å². The van der Waals surface area contributed by atoms with Crippen molar-refractivity contribution in [2.24, 2.45) is 0 Å². The van der Waals surface area contributed by atoms with Gasteiger partial charge in [0, 0.05) is 5.56 Å². The van der Waals surface area contributed by atoms with Gasteiger partial charge in [-0.25, -0.2) is 0 Å². The first-order valence-electron chi connectivity index (χ1n) is 6.10. The number of hydrogen-bond donors (Lipinski definition) is 0. The normalized spacial score (nSPS) is 15.0. The van der Waals surface area contributed by atoms with Crippen LogP contribution in [0.2, 0.25) is 0 Å². The highest BCUT2D eigenvalue weighted by Crippen LogP contribution is 2.25. The van der Waals surface area contributed by atoms with Crippen molar-refractivity contribution in [1.29, 1.82) is 0 Å². The molecule has 1 aliphatic heterocycles. The van der Waals surface area contributed by atoms with Crippen molar-refractivity contribution in [2.75, 3.05) is 27.2 Å². The Morgan fingerprint density at radius 3 is 2.94 bits per heavy atom. The number of fused-ring (bicyclic) bond motifs is 1. The fourth-order valence-corrected chi connectivity index (χ4v) is 2.07. The molecule has 92 valence electrons. The molecule has 3 nitrogen and oxygen atoms in total. The van der Waals surface area contributed by atoms with Gasteiger partial charge in [-0.2, -0.15) is 0 Å². The van der Waals surface area contributed by atoms with Crippen molar-refractivity contribution < 1.29 is 9.53 Å². The summed E-state index contributed by atoms with van der Waals surface area (Å²) in [6.45, 7) is 1.25. The number of Topliss-reactive ketones (excluding diaryl/α,β-unsaturated/α-hetero) is 1. The Balaban J connectivity index is 2.20. The minimum Gasteiger partial charge on any atom is -0.493 e. The molecule has 0 fully saturated rings. The number of aryl methyl sites for hydroxylation is 1. The van der Waals surface area contributed by atoms with Crippen molar-refractivity contribution in [3.63, 3.8) is 0 Å². The Hall–Kier alpha value is -1.35. The van der Waals surface area contributed by atoms with E-state index in [9.17, 15) is 4.79 Å². The molecule has 0 aromatic heterocycles. The summed E-state index contributed by atoms with van der Waals surface area (Å²) in [6, 6.07) is 5.80. The van der Waals surface area contributed by atoms with Crippen molar-refractivity contribution in [3.05, 3.63) is 29.3 Å². The van der Waals surface area contributed by atoms with Gasteiger partial charge >= 0.3 is 0 Å². The third-order valence-electron chi connectivity index (χ3n) is 2.94. The molecule has 0 saturated heterocycles. The second-order valence-corrected chi connectivity index (χ2v) is 4.79. The minimum atomic E-state index is 0.169. The highest BCUT2D eigenvalue weighted by Gasteiger charge is 2.13. The Kier molecular flexibility index (Phi) is 3.79. The fraction of sp³-hybridized carbons (Fsp3) is 0.500. The predicted octanol–water partition coefficient (Wildman–Crippen LogP) is 2.15. The number of ketones is 1. The summed E-state index contributed by atoms with van der Waals surface area (Å²) < 4.78 is 5.64. The van der Waals surface area contributed by atoms with Crippen LogP contribution in [0.4, 0.5) is 0 Å². The molecular weight excluding hydrogens is 214 g/mol. The van der Waals surface area contributed by atoms with E-state index in [2.05, 4.69) is 0 Å². The topological polar surface area (TPSA) is 29.5 Å². The van der Waals surface area contributed by atoms with Crippen molar-refractivity contribution in [3.8, 4) is 5.75 Å². The number of nitrogens with zero attached hydrogens (tertiary/aromatic N) is 1.